The quantitative estimate of drug-likeness (QED) is 0.609. The highest BCUT2D eigenvalue weighted by atomic mass is 16.6. The van der Waals surface area contributed by atoms with Gasteiger partial charge in [-0.15, -0.1) is 0 Å². The van der Waals surface area contributed by atoms with Crippen molar-refractivity contribution in [3.05, 3.63) is 58.1 Å². The van der Waals surface area contributed by atoms with E-state index >= 15 is 0 Å². The zero-order valence-electron chi connectivity index (χ0n) is 13.1. The number of nitrogens with zero attached hydrogens (tertiary/aromatic N) is 1. The molecule has 0 amide bonds. The Hall–Kier alpha value is -2.23. The lowest BCUT2D eigenvalue weighted by Gasteiger charge is -2.29. The summed E-state index contributed by atoms with van der Waals surface area (Å²) in [6.45, 7) is -0.0856. The molecule has 23 heavy (non-hydrogen) atoms. The summed E-state index contributed by atoms with van der Waals surface area (Å²) in [4.78, 5) is 23.0. The second-order valence-electron chi connectivity index (χ2n) is 6.34. The predicted octanol–water partition coefficient (Wildman–Crippen LogP) is 4.35. The van der Waals surface area contributed by atoms with Crippen LogP contribution < -0.4 is 0 Å². The molecule has 1 saturated carbocycles. The minimum atomic E-state index is -0.272. The van der Waals surface area contributed by atoms with Gasteiger partial charge < -0.3 is 0 Å². The van der Waals surface area contributed by atoms with Crippen LogP contribution in [0.3, 0.4) is 0 Å². The monoisotopic (exact) mass is 311 g/mol. The third kappa shape index (κ3) is 3.41. The minimum absolute atomic E-state index is 0.0562. The van der Waals surface area contributed by atoms with Gasteiger partial charge >= 0.3 is 0 Å². The molecule has 0 heterocycles. The minimum Gasteiger partial charge on any atom is -0.299 e. The lowest BCUT2D eigenvalue weighted by molar-refractivity contribution is -0.481. The van der Waals surface area contributed by atoms with Crippen LogP contribution in [0.15, 0.2) is 42.5 Å². The summed E-state index contributed by atoms with van der Waals surface area (Å²) < 4.78 is 0. The molecular weight excluding hydrogens is 290 g/mol. The summed E-state index contributed by atoms with van der Waals surface area (Å²) in [5.41, 5.74) is 1.09. The van der Waals surface area contributed by atoms with Crippen LogP contribution in [0.25, 0.3) is 10.8 Å². The molecule has 1 aliphatic rings. The Balaban J connectivity index is 2.02. The average Bonchev–Trinajstić information content (AvgIpc) is 2.56. The Morgan fingerprint density at radius 2 is 1.91 bits per heavy atom. The Labute approximate surface area is 135 Å². The number of carbonyl (C=O) groups excluding carboxylic acids is 1. The highest BCUT2D eigenvalue weighted by molar-refractivity contribution is 5.88. The Kier molecular flexibility index (Phi) is 4.70. The molecule has 3 rings (SSSR count). The van der Waals surface area contributed by atoms with Crippen molar-refractivity contribution in [3.63, 3.8) is 0 Å². The fourth-order valence-corrected chi connectivity index (χ4v) is 3.83. The summed E-state index contributed by atoms with van der Waals surface area (Å²) in [6, 6.07) is 14.2. The number of ketones is 1. The van der Waals surface area contributed by atoms with Crippen LogP contribution in [0, 0.1) is 16.0 Å². The molecule has 0 aliphatic heterocycles. The van der Waals surface area contributed by atoms with Crippen molar-refractivity contribution in [2.45, 2.75) is 38.0 Å². The Bertz CT molecular complexity index is 720. The molecule has 4 heteroatoms. The molecule has 0 spiro atoms. The first kappa shape index (κ1) is 15.7. The molecule has 2 aromatic rings. The van der Waals surface area contributed by atoms with Crippen molar-refractivity contribution in [2.75, 3.05) is 6.54 Å². The van der Waals surface area contributed by atoms with Crippen LogP contribution in [0.4, 0.5) is 0 Å². The third-order valence-electron chi connectivity index (χ3n) is 4.93. The fraction of sp³-hybridized carbons (Fsp3) is 0.421. The van der Waals surface area contributed by atoms with E-state index in [0.717, 1.165) is 35.6 Å². The van der Waals surface area contributed by atoms with E-state index in [1.165, 1.54) is 0 Å². The van der Waals surface area contributed by atoms with Gasteiger partial charge in [0.15, 0.2) is 0 Å². The Morgan fingerprint density at radius 3 is 2.70 bits per heavy atom. The summed E-state index contributed by atoms with van der Waals surface area (Å²) in [7, 11) is 0. The third-order valence-corrected chi connectivity index (χ3v) is 4.93. The van der Waals surface area contributed by atoms with E-state index < -0.39 is 0 Å². The van der Waals surface area contributed by atoms with Gasteiger partial charge in [0.2, 0.25) is 6.54 Å². The van der Waals surface area contributed by atoms with Crippen LogP contribution >= 0.6 is 0 Å². The lowest BCUT2D eigenvalue weighted by Crippen LogP contribution is -2.27. The van der Waals surface area contributed by atoms with E-state index in [4.69, 9.17) is 0 Å². The van der Waals surface area contributed by atoms with Crippen molar-refractivity contribution >= 4 is 16.6 Å². The van der Waals surface area contributed by atoms with E-state index in [-0.39, 0.29) is 29.1 Å². The van der Waals surface area contributed by atoms with Gasteiger partial charge in [-0.2, -0.15) is 0 Å². The summed E-state index contributed by atoms with van der Waals surface area (Å²) >= 11 is 0. The first-order chi connectivity index (χ1) is 11.2. The van der Waals surface area contributed by atoms with Gasteiger partial charge in [0.05, 0.1) is 0 Å². The maximum atomic E-state index is 12.4. The molecule has 0 bridgehead atoms. The van der Waals surface area contributed by atoms with Gasteiger partial charge in [-0.25, -0.2) is 0 Å². The maximum absolute atomic E-state index is 12.4. The van der Waals surface area contributed by atoms with Crippen molar-refractivity contribution in [1.29, 1.82) is 0 Å². The van der Waals surface area contributed by atoms with Gasteiger partial charge in [0.25, 0.3) is 0 Å². The average molecular weight is 311 g/mol. The first-order valence-corrected chi connectivity index (χ1v) is 8.29. The van der Waals surface area contributed by atoms with Crippen LogP contribution in [0.2, 0.25) is 0 Å². The summed E-state index contributed by atoms with van der Waals surface area (Å²) in [5, 5.41) is 13.1. The standard InChI is InChI=1S/C19H21NO3/c21-19-11-4-3-9-18(19)17(12-13-20(22)23)16-10-5-7-14-6-1-2-8-15(14)16/h1-2,5-8,10,17-18H,3-4,9,11-13H2/t17-,18-/m0/s1. The molecular formula is C19H21NO3. The Morgan fingerprint density at radius 1 is 1.13 bits per heavy atom. The van der Waals surface area contributed by atoms with Gasteiger partial charge in [-0.1, -0.05) is 48.9 Å². The number of benzene rings is 2. The lowest BCUT2D eigenvalue weighted by atomic mass is 9.73. The number of carbonyl (C=O) groups is 1. The van der Waals surface area contributed by atoms with E-state index in [9.17, 15) is 14.9 Å². The van der Waals surface area contributed by atoms with Gasteiger partial charge in [-0.3, -0.25) is 14.9 Å². The molecule has 0 radical (unpaired) electrons. The molecule has 0 unspecified atom stereocenters. The number of hydrogen-bond donors (Lipinski definition) is 0. The first-order valence-electron chi connectivity index (χ1n) is 8.29. The molecule has 2 atom stereocenters. The van der Waals surface area contributed by atoms with E-state index in [0.29, 0.717) is 12.8 Å². The second kappa shape index (κ2) is 6.90. The molecule has 1 aliphatic carbocycles. The van der Waals surface area contributed by atoms with Gasteiger partial charge in [-0.05, 0) is 29.2 Å². The highest BCUT2D eigenvalue weighted by Gasteiger charge is 2.32. The van der Waals surface area contributed by atoms with Gasteiger partial charge in [0, 0.05) is 29.6 Å². The topological polar surface area (TPSA) is 60.2 Å². The second-order valence-corrected chi connectivity index (χ2v) is 6.34. The zero-order chi connectivity index (χ0) is 16.2. The molecule has 2 aromatic carbocycles. The molecule has 0 aromatic heterocycles. The number of nitro groups is 1. The van der Waals surface area contributed by atoms with Crippen LogP contribution in [0.5, 0.6) is 0 Å². The number of Topliss-reactive ketones (excluding diaryl/α,β-unsaturated/α-hetero) is 1. The normalized spacial score (nSPS) is 19.7. The van der Waals surface area contributed by atoms with Crippen molar-refractivity contribution < 1.29 is 9.72 Å². The van der Waals surface area contributed by atoms with Crippen molar-refractivity contribution in [3.8, 4) is 0 Å². The van der Waals surface area contributed by atoms with Crippen LogP contribution in [0.1, 0.15) is 43.6 Å². The number of hydrogen-bond acceptors (Lipinski definition) is 3. The zero-order valence-corrected chi connectivity index (χ0v) is 13.1. The highest BCUT2D eigenvalue weighted by Crippen LogP contribution is 2.39. The van der Waals surface area contributed by atoms with Crippen LogP contribution in [-0.2, 0) is 4.79 Å². The molecule has 1 fully saturated rings. The SMILES string of the molecule is O=C1CCCC[C@H]1[C@@H](CC[N+](=O)[O-])c1cccc2ccccc12. The van der Waals surface area contributed by atoms with E-state index in [1.54, 1.807) is 0 Å². The van der Waals surface area contributed by atoms with E-state index in [2.05, 4.69) is 6.07 Å². The number of rotatable bonds is 5. The molecule has 4 nitrogen and oxygen atoms in total. The molecule has 120 valence electrons. The van der Waals surface area contributed by atoms with E-state index in [1.807, 2.05) is 36.4 Å². The summed E-state index contributed by atoms with van der Waals surface area (Å²) in [6.07, 6.45) is 3.88. The van der Waals surface area contributed by atoms with Gasteiger partial charge in [0.1, 0.15) is 5.78 Å². The number of fused-ring (bicyclic) bond motifs is 1. The molecule has 0 saturated heterocycles. The van der Waals surface area contributed by atoms with Crippen LogP contribution in [-0.4, -0.2) is 17.3 Å². The largest absolute Gasteiger partial charge is 0.299 e. The molecule has 0 N–H and O–H groups in total. The smallest absolute Gasteiger partial charge is 0.204 e. The summed E-state index contributed by atoms with van der Waals surface area (Å²) in [5.74, 6) is 0.145. The van der Waals surface area contributed by atoms with Crippen molar-refractivity contribution in [2.24, 2.45) is 5.92 Å². The maximum Gasteiger partial charge on any atom is 0.204 e. The fourth-order valence-electron chi connectivity index (χ4n) is 3.83. The predicted molar refractivity (Wildman–Crippen MR) is 90.1 cm³/mol. The van der Waals surface area contributed by atoms with Crippen molar-refractivity contribution in [1.82, 2.24) is 0 Å².